The molecule has 0 N–H and O–H groups in total. The summed E-state index contributed by atoms with van der Waals surface area (Å²) in [4.78, 5) is 15.0. The Kier molecular flexibility index (Phi) is 4.79. The molecule has 0 atom stereocenters. The quantitative estimate of drug-likeness (QED) is 0.824. The van der Waals surface area contributed by atoms with Gasteiger partial charge in [-0.15, -0.1) is 0 Å². The first-order valence-corrected chi connectivity index (χ1v) is 9.21. The number of rotatable bonds is 4. The number of benzene rings is 2. The van der Waals surface area contributed by atoms with Gasteiger partial charge < -0.3 is 23.8 Å². The Morgan fingerprint density at radius 3 is 2.41 bits per heavy atom. The summed E-state index contributed by atoms with van der Waals surface area (Å²) in [5.74, 6) is 2.74. The molecule has 2 aromatic rings. The van der Waals surface area contributed by atoms with E-state index in [1.54, 1.807) is 12.1 Å². The van der Waals surface area contributed by atoms with E-state index in [2.05, 4.69) is 0 Å². The van der Waals surface area contributed by atoms with Gasteiger partial charge >= 0.3 is 0 Å². The van der Waals surface area contributed by atoms with Crippen molar-refractivity contribution in [2.75, 3.05) is 20.0 Å². The number of nitrogens with zero attached hydrogens (tertiary/aromatic N) is 1. The molecule has 27 heavy (non-hydrogen) atoms. The predicted molar refractivity (Wildman–Crippen MR) is 99.6 cm³/mol. The molecule has 0 saturated carbocycles. The van der Waals surface area contributed by atoms with Crippen molar-refractivity contribution in [3.63, 3.8) is 0 Å². The Morgan fingerprint density at radius 2 is 1.59 bits per heavy atom. The normalized spacial score (nSPS) is 14.8. The molecule has 2 heterocycles. The molecule has 6 heteroatoms. The molecule has 1 amide bonds. The van der Waals surface area contributed by atoms with Gasteiger partial charge in [0.1, 0.15) is 0 Å². The monoisotopic (exact) mass is 369 g/mol. The van der Waals surface area contributed by atoms with E-state index in [9.17, 15) is 4.79 Å². The molecule has 0 radical (unpaired) electrons. The van der Waals surface area contributed by atoms with Crippen molar-refractivity contribution in [3.05, 3.63) is 47.5 Å². The van der Waals surface area contributed by atoms with Crippen molar-refractivity contribution < 1.29 is 23.7 Å². The van der Waals surface area contributed by atoms with Crippen molar-refractivity contribution in [1.29, 1.82) is 0 Å². The van der Waals surface area contributed by atoms with Crippen LogP contribution in [0.2, 0.25) is 0 Å². The minimum Gasteiger partial charge on any atom is -0.490 e. The van der Waals surface area contributed by atoms with Gasteiger partial charge in [0, 0.05) is 24.6 Å². The topological polar surface area (TPSA) is 57.2 Å². The Hall–Kier alpha value is -2.89. The van der Waals surface area contributed by atoms with E-state index in [0.29, 0.717) is 36.8 Å². The van der Waals surface area contributed by atoms with Crippen LogP contribution in [-0.4, -0.2) is 36.9 Å². The van der Waals surface area contributed by atoms with Gasteiger partial charge in [0.15, 0.2) is 23.0 Å². The van der Waals surface area contributed by atoms with Crippen LogP contribution in [-0.2, 0) is 6.54 Å². The molecule has 0 fully saturated rings. The molecule has 6 nitrogen and oxygen atoms in total. The number of carbonyl (C=O) groups is 1. The van der Waals surface area contributed by atoms with E-state index in [4.69, 9.17) is 18.9 Å². The highest BCUT2D eigenvalue weighted by molar-refractivity contribution is 5.95. The molecule has 0 bridgehead atoms. The van der Waals surface area contributed by atoms with E-state index in [-0.39, 0.29) is 18.7 Å². The summed E-state index contributed by atoms with van der Waals surface area (Å²) in [7, 11) is 0. The first-order chi connectivity index (χ1) is 13.1. The number of hydrogen-bond acceptors (Lipinski definition) is 5. The summed E-state index contributed by atoms with van der Waals surface area (Å²) in [5, 5.41) is 0. The standard InChI is InChI=1S/C21H23NO5/c1-14(2)22(12-15-4-6-18-19(10-15)27-13-26-18)21(23)16-5-7-17-20(11-16)25-9-3-8-24-17/h4-7,10-11,14H,3,8-9,12-13H2,1-2H3. The molecule has 0 unspecified atom stereocenters. The van der Waals surface area contributed by atoms with Gasteiger partial charge in [-0.05, 0) is 49.7 Å². The van der Waals surface area contributed by atoms with Crippen LogP contribution < -0.4 is 18.9 Å². The molecule has 0 aliphatic carbocycles. The second-order valence-corrected chi connectivity index (χ2v) is 6.93. The van der Waals surface area contributed by atoms with Gasteiger partial charge in [-0.1, -0.05) is 6.07 Å². The molecule has 0 aromatic heterocycles. The molecule has 0 spiro atoms. The lowest BCUT2D eigenvalue weighted by atomic mass is 10.1. The number of fused-ring (bicyclic) bond motifs is 2. The van der Waals surface area contributed by atoms with E-state index < -0.39 is 0 Å². The summed E-state index contributed by atoms with van der Waals surface area (Å²) in [6.45, 7) is 5.96. The van der Waals surface area contributed by atoms with E-state index in [0.717, 1.165) is 23.5 Å². The average molecular weight is 369 g/mol. The summed E-state index contributed by atoms with van der Waals surface area (Å²) in [6.07, 6.45) is 0.834. The first-order valence-electron chi connectivity index (χ1n) is 9.21. The zero-order valence-corrected chi connectivity index (χ0v) is 15.6. The largest absolute Gasteiger partial charge is 0.490 e. The number of hydrogen-bond donors (Lipinski definition) is 0. The molecular weight excluding hydrogens is 346 g/mol. The highest BCUT2D eigenvalue weighted by Gasteiger charge is 2.22. The molecule has 2 aliphatic rings. The molecule has 2 aliphatic heterocycles. The summed E-state index contributed by atoms with van der Waals surface area (Å²) in [6, 6.07) is 11.2. The molecule has 2 aromatic carbocycles. The van der Waals surface area contributed by atoms with Crippen LogP contribution in [0.5, 0.6) is 23.0 Å². The van der Waals surface area contributed by atoms with Gasteiger partial charge in [0.25, 0.3) is 5.91 Å². The fourth-order valence-electron chi connectivity index (χ4n) is 3.19. The summed E-state index contributed by atoms with van der Waals surface area (Å²) in [5.41, 5.74) is 1.59. The van der Waals surface area contributed by atoms with E-state index >= 15 is 0 Å². The molecule has 0 saturated heterocycles. The SMILES string of the molecule is CC(C)N(Cc1ccc2c(c1)OCO2)C(=O)c1ccc2c(c1)OCCCO2. The van der Waals surface area contributed by atoms with Crippen molar-refractivity contribution in [3.8, 4) is 23.0 Å². The van der Waals surface area contributed by atoms with Crippen LogP contribution in [0.25, 0.3) is 0 Å². The highest BCUT2D eigenvalue weighted by Crippen LogP contribution is 2.34. The van der Waals surface area contributed by atoms with E-state index in [1.807, 2.05) is 43.0 Å². The van der Waals surface area contributed by atoms with Crippen LogP contribution in [0.4, 0.5) is 0 Å². The third-order valence-corrected chi connectivity index (χ3v) is 4.67. The van der Waals surface area contributed by atoms with Gasteiger partial charge in [0.2, 0.25) is 6.79 Å². The van der Waals surface area contributed by atoms with Crippen LogP contribution in [0.3, 0.4) is 0 Å². The second kappa shape index (κ2) is 7.39. The Balaban J connectivity index is 1.56. The highest BCUT2D eigenvalue weighted by atomic mass is 16.7. The number of amides is 1. The third kappa shape index (κ3) is 3.65. The fourth-order valence-corrected chi connectivity index (χ4v) is 3.19. The first kappa shape index (κ1) is 17.5. The third-order valence-electron chi connectivity index (χ3n) is 4.67. The van der Waals surface area contributed by atoms with Gasteiger partial charge in [-0.2, -0.15) is 0 Å². The van der Waals surface area contributed by atoms with Gasteiger partial charge in [-0.25, -0.2) is 0 Å². The zero-order valence-electron chi connectivity index (χ0n) is 15.6. The molecule has 142 valence electrons. The maximum Gasteiger partial charge on any atom is 0.254 e. The van der Waals surface area contributed by atoms with Gasteiger partial charge in [0.05, 0.1) is 13.2 Å². The zero-order chi connectivity index (χ0) is 18.8. The maximum atomic E-state index is 13.2. The molecule has 4 rings (SSSR count). The lowest BCUT2D eigenvalue weighted by Crippen LogP contribution is -2.36. The van der Waals surface area contributed by atoms with Crippen LogP contribution in [0.15, 0.2) is 36.4 Å². The van der Waals surface area contributed by atoms with Crippen molar-refractivity contribution in [1.82, 2.24) is 4.90 Å². The van der Waals surface area contributed by atoms with Crippen LogP contribution in [0, 0.1) is 0 Å². The second-order valence-electron chi connectivity index (χ2n) is 6.93. The summed E-state index contributed by atoms with van der Waals surface area (Å²) >= 11 is 0. The minimum absolute atomic E-state index is 0.0406. The van der Waals surface area contributed by atoms with Crippen molar-refractivity contribution in [2.45, 2.75) is 32.9 Å². The smallest absolute Gasteiger partial charge is 0.254 e. The fraction of sp³-hybridized carbons (Fsp3) is 0.381. The summed E-state index contributed by atoms with van der Waals surface area (Å²) < 4.78 is 22.2. The Morgan fingerprint density at radius 1 is 0.926 bits per heavy atom. The van der Waals surface area contributed by atoms with Crippen molar-refractivity contribution >= 4 is 5.91 Å². The average Bonchev–Trinajstić information content (AvgIpc) is 3.01. The predicted octanol–water partition coefficient (Wildman–Crippen LogP) is 3.63. The van der Waals surface area contributed by atoms with E-state index in [1.165, 1.54) is 0 Å². The minimum atomic E-state index is -0.0432. The Bertz CT molecular complexity index is 848. The lowest BCUT2D eigenvalue weighted by Gasteiger charge is -2.27. The molecular formula is C21H23NO5. The van der Waals surface area contributed by atoms with Crippen LogP contribution in [0.1, 0.15) is 36.2 Å². The van der Waals surface area contributed by atoms with Crippen LogP contribution >= 0.6 is 0 Å². The lowest BCUT2D eigenvalue weighted by molar-refractivity contribution is 0.0689. The van der Waals surface area contributed by atoms with Crippen molar-refractivity contribution in [2.24, 2.45) is 0 Å². The number of ether oxygens (including phenoxy) is 4. The maximum absolute atomic E-state index is 13.2. The van der Waals surface area contributed by atoms with Gasteiger partial charge in [-0.3, -0.25) is 4.79 Å². The number of carbonyl (C=O) groups excluding carboxylic acids is 1. The Labute approximate surface area is 158 Å².